The minimum atomic E-state index is -0.260. The second kappa shape index (κ2) is 4.99. The zero-order chi connectivity index (χ0) is 12.3. The molecule has 17 heavy (non-hydrogen) atoms. The van der Waals surface area contributed by atoms with Crippen molar-refractivity contribution < 1.29 is 14.3 Å². The molecule has 1 aliphatic rings. The minimum absolute atomic E-state index is 0.0536. The van der Waals surface area contributed by atoms with Gasteiger partial charge >= 0.3 is 0 Å². The van der Waals surface area contributed by atoms with Gasteiger partial charge in [-0.2, -0.15) is 0 Å². The molecule has 0 N–H and O–H groups in total. The second-order valence-electron chi connectivity index (χ2n) is 4.11. The lowest BCUT2D eigenvalue weighted by Gasteiger charge is -2.20. The SMILES string of the molecule is COc1ccc(CN2C(=O)CCC2C=O)cc1. The molecule has 4 nitrogen and oxygen atoms in total. The van der Waals surface area contributed by atoms with Gasteiger partial charge in [-0.3, -0.25) is 4.79 Å². The van der Waals surface area contributed by atoms with Crippen molar-refractivity contribution in [3.63, 3.8) is 0 Å². The molecule has 1 aliphatic heterocycles. The summed E-state index contributed by atoms with van der Waals surface area (Å²) in [6.45, 7) is 0.492. The van der Waals surface area contributed by atoms with E-state index in [4.69, 9.17) is 4.74 Å². The summed E-state index contributed by atoms with van der Waals surface area (Å²) < 4.78 is 5.07. The van der Waals surface area contributed by atoms with E-state index < -0.39 is 0 Å². The van der Waals surface area contributed by atoms with E-state index in [2.05, 4.69) is 0 Å². The first-order valence-electron chi connectivity index (χ1n) is 5.62. The third kappa shape index (κ3) is 2.46. The topological polar surface area (TPSA) is 46.6 Å². The Balaban J connectivity index is 2.08. The lowest BCUT2D eigenvalue weighted by Crippen LogP contribution is -2.33. The predicted molar refractivity (Wildman–Crippen MR) is 62.6 cm³/mol. The summed E-state index contributed by atoms with van der Waals surface area (Å²) in [5.74, 6) is 0.839. The number of carbonyl (C=O) groups is 2. The predicted octanol–water partition coefficient (Wildman–Crippen LogP) is 1.39. The lowest BCUT2D eigenvalue weighted by molar-refractivity contribution is -0.131. The number of ether oxygens (including phenoxy) is 1. The van der Waals surface area contributed by atoms with E-state index in [0.717, 1.165) is 17.6 Å². The molecule has 0 aromatic heterocycles. The van der Waals surface area contributed by atoms with Crippen LogP contribution < -0.4 is 4.74 Å². The van der Waals surface area contributed by atoms with Crippen molar-refractivity contribution in [2.45, 2.75) is 25.4 Å². The number of nitrogens with zero attached hydrogens (tertiary/aromatic N) is 1. The molecule has 1 aromatic rings. The van der Waals surface area contributed by atoms with Crippen molar-refractivity contribution >= 4 is 12.2 Å². The molecule has 0 aliphatic carbocycles. The van der Waals surface area contributed by atoms with Gasteiger partial charge in [0.15, 0.2) is 0 Å². The van der Waals surface area contributed by atoms with Crippen LogP contribution in [-0.4, -0.2) is 30.2 Å². The van der Waals surface area contributed by atoms with E-state index in [9.17, 15) is 9.59 Å². The number of benzene rings is 1. The maximum absolute atomic E-state index is 11.6. The fourth-order valence-corrected chi connectivity index (χ4v) is 2.03. The zero-order valence-electron chi connectivity index (χ0n) is 9.76. The number of methoxy groups -OCH3 is 1. The van der Waals surface area contributed by atoms with Gasteiger partial charge in [-0.1, -0.05) is 12.1 Å². The van der Waals surface area contributed by atoms with Gasteiger partial charge in [0, 0.05) is 13.0 Å². The van der Waals surface area contributed by atoms with Gasteiger partial charge in [0.1, 0.15) is 12.0 Å². The Morgan fingerprint density at radius 2 is 2.12 bits per heavy atom. The Hall–Kier alpha value is -1.84. The van der Waals surface area contributed by atoms with Crippen molar-refractivity contribution in [3.8, 4) is 5.75 Å². The highest BCUT2D eigenvalue weighted by Gasteiger charge is 2.30. The molecule has 2 rings (SSSR count). The highest BCUT2D eigenvalue weighted by molar-refractivity contribution is 5.83. The largest absolute Gasteiger partial charge is 0.497 e. The third-order valence-corrected chi connectivity index (χ3v) is 3.04. The quantitative estimate of drug-likeness (QED) is 0.738. The summed E-state index contributed by atoms with van der Waals surface area (Å²) in [4.78, 5) is 24.1. The van der Waals surface area contributed by atoms with Crippen LogP contribution >= 0.6 is 0 Å². The zero-order valence-corrected chi connectivity index (χ0v) is 9.76. The fourth-order valence-electron chi connectivity index (χ4n) is 2.03. The van der Waals surface area contributed by atoms with Crippen LogP contribution in [0.3, 0.4) is 0 Å². The van der Waals surface area contributed by atoms with Crippen molar-refractivity contribution in [1.82, 2.24) is 4.90 Å². The lowest BCUT2D eigenvalue weighted by atomic mass is 10.2. The molecule has 0 radical (unpaired) electrons. The molecule has 1 unspecified atom stereocenters. The molecule has 1 atom stereocenters. The van der Waals surface area contributed by atoms with Gasteiger partial charge in [-0.15, -0.1) is 0 Å². The molecule has 1 aromatic carbocycles. The number of likely N-dealkylation sites (tertiary alicyclic amines) is 1. The Morgan fingerprint density at radius 3 is 2.71 bits per heavy atom. The molecule has 90 valence electrons. The average Bonchev–Trinajstić information content (AvgIpc) is 2.71. The van der Waals surface area contributed by atoms with E-state index in [1.165, 1.54) is 0 Å². The first-order valence-corrected chi connectivity index (χ1v) is 5.62. The maximum Gasteiger partial charge on any atom is 0.223 e. The van der Waals surface area contributed by atoms with Crippen molar-refractivity contribution in [3.05, 3.63) is 29.8 Å². The van der Waals surface area contributed by atoms with Crippen molar-refractivity contribution in [2.75, 3.05) is 7.11 Å². The summed E-state index contributed by atoms with van der Waals surface area (Å²) in [6, 6.07) is 7.26. The standard InChI is InChI=1S/C13H15NO3/c1-17-12-5-2-10(3-6-12)8-14-11(9-15)4-7-13(14)16/h2-3,5-6,9,11H,4,7-8H2,1H3. The number of rotatable bonds is 4. The van der Waals surface area contributed by atoms with Gasteiger partial charge in [-0.25, -0.2) is 0 Å². The molecule has 0 spiro atoms. The Kier molecular flexibility index (Phi) is 3.42. The number of hydrogen-bond donors (Lipinski definition) is 0. The van der Waals surface area contributed by atoms with Crippen LogP contribution in [-0.2, 0) is 16.1 Å². The molecule has 4 heteroatoms. The summed E-state index contributed by atoms with van der Waals surface area (Å²) >= 11 is 0. The first-order chi connectivity index (χ1) is 8.24. The van der Waals surface area contributed by atoms with Gasteiger partial charge in [0.05, 0.1) is 13.2 Å². The highest BCUT2D eigenvalue weighted by atomic mass is 16.5. The van der Waals surface area contributed by atoms with Crippen LogP contribution in [0.25, 0.3) is 0 Å². The molecular formula is C13H15NO3. The Morgan fingerprint density at radius 1 is 1.41 bits per heavy atom. The van der Waals surface area contributed by atoms with Crippen molar-refractivity contribution in [2.24, 2.45) is 0 Å². The van der Waals surface area contributed by atoms with Gasteiger partial charge in [0.2, 0.25) is 5.91 Å². The highest BCUT2D eigenvalue weighted by Crippen LogP contribution is 2.21. The molecule has 1 amide bonds. The normalized spacial score (nSPS) is 19.5. The fraction of sp³-hybridized carbons (Fsp3) is 0.385. The number of aldehydes is 1. The minimum Gasteiger partial charge on any atom is -0.497 e. The molecule has 0 bridgehead atoms. The van der Waals surface area contributed by atoms with Crippen LogP contribution in [0.4, 0.5) is 0 Å². The third-order valence-electron chi connectivity index (χ3n) is 3.04. The molecular weight excluding hydrogens is 218 g/mol. The van der Waals surface area contributed by atoms with Crippen LogP contribution in [0.5, 0.6) is 5.75 Å². The van der Waals surface area contributed by atoms with E-state index in [-0.39, 0.29) is 11.9 Å². The molecule has 0 saturated carbocycles. The number of hydrogen-bond acceptors (Lipinski definition) is 3. The Bertz CT molecular complexity index is 413. The van der Waals surface area contributed by atoms with Crippen LogP contribution in [0.1, 0.15) is 18.4 Å². The maximum atomic E-state index is 11.6. The van der Waals surface area contributed by atoms with Crippen molar-refractivity contribution in [1.29, 1.82) is 0 Å². The summed E-state index contributed by atoms with van der Waals surface area (Å²) in [7, 11) is 1.61. The van der Waals surface area contributed by atoms with Crippen LogP contribution in [0, 0.1) is 0 Å². The Labute approximate surface area is 100 Å². The smallest absolute Gasteiger partial charge is 0.223 e. The van der Waals surface area contributed by atoms with Gasteiger partial charge < -0.3 is 14.4 Å². The summed E-state index contributed by atoms with van der Waals surface area (Å²) in [6.07, 6.45) is 1.96. The van der Waals surface area contributed by atoms with Gasteiger partial charge in [-0.05, 0) is 24.1 Å². The first kappa shape index (κ1) is 11.6. The van der Waals surface area contributed by atoms with E-state index in [1.54, 1.807) is 12.0 Å². The molecule has 1 heterocycles. The monoisotopic (exact) mass is 233 g/mol. The van der Waals surface area contributed by atoms with Gasteiger partial charge in [0.25, 0.3) is 0 Å². The summed E-state index contributed by atoms with van der Waals surface area (Å²) in [5, 5.41) is 0. The summed E-state index contributed by atoms with van der Waals surface area (Å²) in [5.41, 5.74) is 1.01. The molecule has 1 saturated heterocycles. The van der Waals surface area contributed by atoms with E-state index in [1.807, 2.05) is 24.3 Å². The second-order valence-corrected chi connectivity index (χ2v) is 4.11. The average molecular weight is 233 g/mol. The van der Waals surface area contributed by atoms with Crippen LogP contribution in [0.2, 0.25) is 0 Å². The van der Waals surface area contributed by atoms with E-state index >= 15 is 0 Å². The molecule has 1 fully saturated rings. The number of carbonyl (C=O) groups excluding carboxylic acids is 2. The van der Waals surface area contributed by atoms with Crippen LogP contribution in [0.15, 0.2) is 24.3 Å². The van der Waals surface area contributed by atoms with E-state index in [0.29, 0.717) is 19.4 Å². The number of amides is 1.